The van der Waals surface area contributed by atoms with Gasteiger partial charge in [0.15, 0.2) is 11.5 Å². The zero-order valence-corrected chi connectivity index (χ0v) is 14.5. The molecule has 0 bridgehead atoms. The number of para-hydroxylation sites is 1. The Morgan fingerprint density at radius 2 is 1.87 bits per heavy atom. The van der Waals surface area contributed by atoms with Gasteiger partial charge in [-0.15, -0.1) is 0 Å². The SMILES string of the molecule is COc1cccc(C(=O)NC(C)c2ccc(Cl)cc2Cl)c1OC. The summed E-state index contributed by atoms with van der Waals surface area (Å²) in [6.45, 7) is 1.85. The van der Waals surface area contributed by atoms with Crippen LogP contribution in [-0.2, 0) is 0 Å². The van der Waals surface area contributed by atoms with Crippen LogP contribution in [0.4, 0.5) is 0 Å². The summed E-state index contributed by atoms with van der Waals surface area (Å²) >= 11 is 12.1. The second-order valence-electron chi connectivity index (χ2n) is 4.90. The Labute approximate surface area is 145 Å². The number of hydrogen-bond donors (Lipinski definition) is 1. The molecule has 4 nitrogen and oxygen atoms in total. The van der Waals surface area contributed by atoms with Crippen LogP contribution in [0, 0.1) is 0 Å². The molecule has 0 radical (unpaired) electrons. The van der Waals surface area contributed by atoms with Crippen molar-refractivity contribution in [3.63, 3.8) is 0 Å². The molecule has 0 aliphatic carbocycles. The first-order valence-electron chi connectivity index (χ1n) is 6.94. The van der Waals surface area contributed by atoms with Crippen LogP contribution >= 0.6 is 23.2 Å². The maximum atomic E-state index is 12.5. The lowest BCUT2D eigenvalue weighted by Crippen LogP contribution is -2.27. The molecule has 1 atom stereocenters. The molecule has 122 valence electrons. The number of carbonyl (C=O) groups excluding carboxylic acids is 1. The van der Waals surface area contributed by atoms with Gasteiger partial charge in [0.25, 0.3) is 5.91 Å². The quantitative estimate of drug-likeness (QED) is 0.860. The standard InChI is InChI=1S/C17H17Cl2NO3/c1-10(12-8-7-11(18)9-14(12)19)20-17(21)13-5-4-6-15(22-2)16(13)23-3/h4-10H,1-3H3,(H,20,21). The molecule has 0 aliphatic heterocycles. The van der Waals surface area contributed by atoms with E-state index in [4.69, 9.17) is 32.7 Å². The van der Waals surface area contributed by atoms with Gasteiger partial charge in [0.05, 0.1) is 25.8 Å². The lowest BCUT2D eigenvalue weighted by atomic mass is 10.1. The van der Waals surface area contributed by atoms with E-state index in [1.54, 1.807) is 36.4 Å². The first-order valence-corrected chi connectivity index (χ1v) is 7.70. The number of ether oxygens (including phenoxy) is 2. The average molecular weight is 354 g/mol. The predicted molar refractivity (Wildman–Crippen MR) is 91.9 cm³/mol. The molecule has 6 heteroatoms. The third-order valence-corrected chi connectivity index (χ3v) is 3.99. The summed E-state index contributed by atoms with van der Waals surface area (Å²) < 4.78 is 10.5. The minimum Gasteiger partial charge on any atom is -0.493 e. The van der Waals surface area contributed by atoms with E-state index in [1.807, 2.05) is 6.92 Å². The smallest absolute Gasteiger partial charge is 0.255 e. The fourth-order valence-electron chi connectivity index (χ4n) is 2.27. The summed E-state index contributed by atoms with van der Waals surface area (Å²) in [5.41, 5.74) is 1.18. The van der Waals surface area contributed by atoms with Gasteiger partial charge in [-0.1, -0.05) is 35.3 Å². The Bertz CT molecular complexity index is 719. The van der Waals surface area contributed by atoms with E-state index in [1.165, 1.54) is 14.2 Å². The van der Waals surface area contributed by atoms with E-state index in [9.17, 15) is 4.79 Å². The van der Waals surface area contributed by atoms with Gasteiger partial charge in [0.1, 0.15) is 0 Å². The summed E-state index contributed by atoms with van der Waals surface area (Å²) in [6, 6.07) is 10.0. The number of amides is 1. The third-order valence-electron chi connectivity index (χ3n) is 3.42. The van der Waals surface area contributed by atoms with Crippen molar-refractivity contribution < 1.29 is 14.3 Å². The van der Waals surface area contributed by atoms with Crippen molar-refractivity contribution in [1.82, 2.24) is 5.32 Å². The highest BCUT2D eigenvalue weighted by Gasteiger charge is 2.19. The van der Waals surface area contributed by atoms with Crippen molar-refractivity contribution in [2.24, 2.45) is 0 Å². The molecule has 0 heterocycles. The highest BCUT2D eigenvalue weighted by molar-refractivity contribution is 6.35. The second-order valence-corrected chi connectivity index (χ2v) is 5.75. The number of methoxy groups -OCH3 is 2. The number of hydrogen-bond acceptors (Lipinski definition) is 3. The number of nitrogens with one attached hydrogen (secondary N) is 1. The van der Waals surface area contributed by atoms with E-state index >= 15 is 0 Å². The molecule has 0 saturated carbocycles. The minimum absolute atomic E-state index is 0.278. The first-order chi connectivity index (χ1) is 11.0. The summed E-state index contributed by atoms with van der Waals surface area (Å²) in [7, 11) is 3.02. The van der Waals surface area contributed by atoms with Gasteiger partial charge in [0, 0.05) is 10.0 Å². The predicted octanol–water partition coefficient (Wildman–Crippen LogP) is 4.50. The highest BCUT2D eigenvalue weighted by Crippen LogP contribution is 2.31. The van der Waals surface area contributed by atoms with E-state index in [2.05, 4.69) is 5.32 Å². The highest BCUT2D eigenvalue weighted by atomic mass is 35.5. The maximum Gasteiger partial charge on any atom is 0.255 e. The number of benzene rings is 2. The van der Waals surface area contributed by atoms with Gasteiger partial charge in [0.2, 0.25) is 0 Å². The van der Waals surface area contributed by atoms with Gasteiger partial charge in [-0.25, -0.2) is 0 Å². The lowest BCUT2D eigenvalue weighted by Gasteiger charge is -2.18. The van der Waals surface area contributed by atoms with E-state index in [-0.39, 0.29) is 11.9 Å². The van der Waals surface area contributed by atoms with Gasteiger partial charge in [-0.2, -0.15) is 0 Å². The van der Waals surface area contributed by atoms with Crippen molar-refractivity contribution in [2.75, 3.05) is 14.2 Å². The molecule has 2 aromatic rings. The molecule has 0 fully saturated rings. The molecule has 0 spiro atoms. The number of rotatable bonds is 5. The topological polar surface area (TPSA) is 47.6 Å². The van der Waals surface area contributed by atoms with Crippen molar-refractivity contribution in [2.45, 2.75) is 13.0 Å². The Morgan fingerprint density at radius 3 is 2.48 bits per heavy atom. The molecule has 0 saturated heterocycles. The van der Waals surface area contributed by atoms with Gasteiger partial charge in [-0.05, 0) is 36.8 Å². The Balaban J connectivity index is 2.25. The first kappa shape index (κ1) is 17.4. The molecule has 0 aromatic heterocycles. The van der Waals surface area contributed by atoms with Crippen molar-refractivity contribution in [3.05, 3.63) is 57.6 Å². The van der Waals surface area contributed by atoms with Crippen molar-refractivity contribution in [1.29, 1.82) is 0 Å². The van der Waals surface area contributed by atoms with Gasteiger partial charge in [-0.3, -0.25) is 4.79 Å². The monoisotopic (exact) mass is 353 g/mol. The summed E-state index contributed by atoms with van der Waals surface area (Å²) in [6.07, 6.45) is 0. The van der Waals surface area contributed by atoms with Crippen molar-refractivity contribution in [3.8, 4) is 11.5 Å². The zero-order valence-electron chi connectivity index (χ0n) is 13.0. The maximum absolute atomic E-state index is 12.5. The molecule has 2 rings (SSSR count). The molecule has 1 unspecified atom stereocenters. The Kier molecular flexibility index (Phi) is 5.74. The van der Waals surface area contributed by atoms with Crippen LogP contribution in [0.1, 0.15) is 28.9 Å². The molecule has 1 amide bonds. The van der Waals surface area contributed by atoms with Crippen LogP contribution < -0.4 is 14.8 Å². The second kappa shape index (κ2) is 7.57. The van der Waals surface area contributed by atoms with Crippen LogP contribution in [-0.4, -0.2) is 20.1 Å². The van der Waals surface area contributed by atoms with Crippen LogP contribution in [0.3, 0.4) is 0 Å². The van der Waals surface area contributed by atoms with E-state index in [0.29, 0.717) is 27.1 Å². The summed E-state index contributed by atoms with van der Waals surface area (Å²) in [5.74, 6) is 0.610. The minimum atomic E-state index is -0.289. The molecule has 0 aliphatic rings. The van der Waals surface area contributed by atoms with E-state index < -0.39 is 0 Å². The normalized spacial score (nSPS) is 11.7. The van der Waals surface area contributed by atoms with Crippen LogP contribution in [0.5, 0.6) is 11.5 Å². The lowest BCUT2D eigenvalue weighted by molar-refractivity contribution is 0.0936. The van der Waals surface area contributed by atoms with Crippen molar-refractivity contribution >= 4 is 29.1 Å². The molecule has 23 heavy (non-hydrogen) atoms. The Hall–Kier alpha value is -1.91. The van der Waals surface area contributed by atoms with E-state index in [0.717, 1.165) is 5.56 Å². The average Bonchev–Trinajstić information content (AvgIpc) is 2.53. The van der Waals surface area contributed by atoms with Gasteiger partial charge < -0.3 is 14.8 Å². The Morgan fingerprint density at radius 1 is 1.13 bits per heavy atom. The molecular formula is C17H17Cl2NO3. The van der Waals surface area contributed by atoms with Crippen LogP contribution in [0.25, 0.3) is 0 Å². The van der Waals surface area contributed by atoms with Gasteiger partial charge >= 0.3 is 0 Å². The zero-order chi connectivity index (χ0) is 17.0. The summed E-state index contributed by atoms with van der Waals surface area (Å²) in [5, 5.41) is 3.95. The van der Waals surface area contributed by atoms with Crippen LogP contribution in [0.15, 0.2) is 36.4 Å². The number of carbonyl (C=O) groups is 1. The largest absolute Gasteiger partial charge is 0.493 e. The fourth-order valence-corrected chi connectivity index (χ4v) is 2.84. The fraction of sp³-hybridized carbons (Fsp3) is 0.235. The molecule has 1 N–H and O–H groups in total. The third kappa shape index (κ3) is 3.89. The molecular weight excluding hydrogens is 337 g/mol. The van der Waals surface area contributed by atoms with Crippen LogP contribution in [0.2, 0.25) is 10.0 Å². The number of halogens is 2. The summed E-state index contributed by atoms with van der Waals surface area (Å²) in [4.78, 5) is 12.5. The molecule has 2 aromatic carbocycles.